The first kappa shape index (κ1) is 15.0. The Morgan fingerprint density at radius 2 is 2.00 bits per heavy atom. The zero-order valence-electron chi connectivity index (χ0n) is 12.8. The van der Waals surface area contributed by atoms with Crippen molar-refractivity contribution in [2.75, 3.05) is 0 Å². The van der Waals surface area contributed by atoms with Gasteiger partial charge in [0.25, 0.3) is 5.91 Å². The van der Waals surface area contributed by atoms with Crippen molar-refractivity contribution in [1.82, 2.24) is 20.6 Å². The number of carbonyl (C=O) groups excluding carboxylic acids is 1. The molecule has 7 nitrogen and oxygen atoms in total. The molecule has 1 atom stereocenters. The normalized spacial score (nSPS) is 12.1. The molecule has 0 spiro atoms. The molecule has 2 heterocycles. The first-order valence-corrected chi connectivity index (χ1v) is 7.22. The predicted molar refractivity (Wildman–Crippen MR) is 80.7 cm³/mol. The van der Waals surface area contributed by atoms with E-state index in [1.54, 1.807) is 19.9 Å². The molecule has 1 unspecified atom stereocenters. The summed E-state index contributed by atoms with van der Waals surface area (Å²) >= 11 is 0. The quantitative estimate of drug-likeness (QED) is 0.777. The van der Waals surface area contributed by atoms with Crippen LogP contribution in [0, 0.1) is 6.92 Å². The van der Waals surface area contributed by atoms with Gasteiger partial charge in [-0.25, -0.2) is 0 Å². The lowest BCUT2D eigenvalue weighted by Gasteiger charge is -2.07. The van der Waals surface area contributed by atoms with Crippen molar-refractivity contribution in [3.05, 3.63) is 65.1 Å². The van der Waals surface area contributed by atoms with E-state index in [4.69, 9.17) is 9.05 Å². The molecule has 1 amide bonds. The standard InChI is InChI=1S/C16H16N4O3/c1-10-8-13(19-22-10)16(21)17-11(2)15-18-14(23-20-15)9-12-6-4-3-5-7-12/h3-8,11H,9H2,1-2H3,(H,17,21). The van der Waals surface area contributed by atoms with Gasteiger partial charge in [0.1, 0.15) is 5.76 Å². The second-order valence-electron chi connectivity index (χ2n) is 5.23. The second kappa shape index (κ2) is 6.43. The van der Waals surface area contributed by atoms with Crippen LogP contribution in [-0.2, 0) is 6.42 Å². The maximum Gasteiger partial charge on any atom is 0.274 e. The Morgan fingerprint density at radius 3 is 2.70 bits per heavy atom. The monoisotopic (exact) mass is 312 g/mol. The molecule has 2 aromatic heterocycles. The summed E-state index contributed by atoms with van der Waals surface area (Å²) in [5.41, 5.74) is 1.31. The predicted octanol–water partition coefficient (Wildman–Crippen LogP) is 2.45. The van der Waals surface area contributed by atoms with Gasteiger partial charge in [0.15, 0.2) is 11.5 Å². The van der Waals surface area contributed by atoms with Crippen LogP contribution in [0.2, 0.25) is 0 Å². The van der Waals surface area contributed by atoms with Crippen molar-refractivity contribution in [3.63, 3.8) is 0 Å². The third-order valence-electron chi connectivity index (χ3n) is 3.28. The van der Waals surface area contributed by atoms with E-state index >= 15 is 0 Å². The van der Waals surface area contributed by atoms with Crippen LogP contribution in [0.15, 0.2) is 45.4 Å². The number of nitrogens with zero attached hydrogens (tertiary/aromatic N) is 3. The summed E-state index contributed by atoms with van der Waals surface area (Å²) in [5, 5.41) is 10.3. The van der Waals surface area contributed by atoms with Gasteiger partial charge in [-0.2, -0.15) is 4.98 Å². The van der Waals surface area contributed by atoms with Gasteiger partial charge in [-0.3, -0.25) is 4.79 Å². The molecule has 0 saturated carbocycles. The summed E-state index contributed by atoms with van der Waals surface area (Å²) in [6.07, 6.45) is 0.553. The highest BCUT2D eigenvalue weighted by molar-refractivity contribution is 5.92. The Morgan fingerprint density at radius 1 is 1.22 bits per heavy atom. The lowest BCUT2D eigenvalue weighted by molar-refractivity contribution is 0.0928. The Labute approximate surface area is 132 Å². The molecule has 7 heteroatoms. The topological polar surface area (TPSA) is 94.1 Å². The van der Waals surface area contributed by atoms with Crippen LogP contribution in [0.4, 0.5) is 0 Å². The molecular weight excluding hydrogens is 296 g/mol. The Kier molecular flexibility index (Phi) is 4.18. The van der Waals surface area contributed by atoms with Crippen molar-refractivity contribution in [2.45, 2.75) is 26.3 Å². The van der Waals surface area contributed by atoms with Crippen molar-refractivity contribution in [1.29, 1.82) is 0 Å². The second-order valence-corrected chi connectivity index (χ2v) is 5.23. The molecule has 118 valence electrons. The molecule has 0 bridgehead atoms. The van der Waals surface area contributed by atoms with Crippen molar-refractivity contribution >= 4 is 5.91 Å². The Balaban J connectivity index is 1.64. The molecule has 0 aliphatic heterocycles. The number of carbonyl (C=O) groups is 1. The minimum Gasteiger partial charge on any atom is -0.361 e. The van der Waals surface area contributed by atoms with Crippen LogP contribution >= 0.6 is 0 Å². The molecular formula is C16H16N4O3. The number of amides is 1. The number of benzene rings is 1. The number of aryl methyl sites for hydroxylation is 1. The molecule has 3 aromatic rings. The molecule has 1 aromatic carbocycles. The van der Waals surface area contributed by atoms with E-state index in [9.17, 15) is 4.79 Å². The highest BCUT2D eigenvalue weighted by Crippen LogP contribution is 2.13. The van der Waals surface area contributed by atoms with E-state index in [1.807, 2.05) is 30.3 Å². The van der Waals surface area contributed by atoms with Crippen LogP contribution in [0.5, 0.6) is 0 Å². The molecule has 0 aliphatic carbocycles. The first-order valence-electron chi connectivity index (χ1n) is 7.22. The van der Waals surface area contributed by atoms with Gasteiger partial charge in [-0.1, -0.05) is 40.6 Å². The SMILES string of the molecule is Cc1cc(C(=O)NC(C)c2noc(Cc3ccccc3)n2)no1. The zero-order chi connectivity index (χ0) is 16.2. The van der Waals surface area contributed by atoms with Gasteiger partial charge >= 0.3 is 0 Å². The van der Waals surface area contributed by atoms with Crippen molar-refractivity contribution < 1.29 is 13.8 Å². The summed E-state index contributed by atoms with van der Waals surface area (Å²) in [6, 6.07) is 11.0. The number of hydrogen-bond donors (Lipinski definition) is 1. The summed E-state index contributed by atoms with van der Waals surface area (Å²) in [5.74, 6) is 1.16. The average Bonchev–Trinajstić information content (AvgIpc) is 3.17. The minimum atomic E-state index is -0.396. The molecule has 0 radical (unpaired) electrons. The van der Waals surface area contributed by atoms with E-state index in [1.165, 1.54) is 0 Å². The number of nitrogens with one attached hydrogen (secondary N) is 1. The van der Waals surface area contributed by atoms with E-state index in [2.05, 4.69) is 20.6 Å². The lowest BCUT2D eigenvalue weighted by Crippen LogP contribution is -2.27. The largest absolute Gasteiger partial charge is 0.361 e. The van der Waals surface area contributed by atoms with E-state index < -0.39 is 6.04 Å². The maximum atomic E-state index is 12.0. The number of hydrogen-bond acceptors (Lipinski definition) is 6. The summed E-state index contributed by atoms with van der Waals surface area (Å²) in [4.78, 5) is 16.3. The fraction of sp³-hybridized carbons (Fsp3) is 0.250. The summed E-state index contributed by atoms with van der Waals surface area (Å²) in [6.45, 7) is 3.50. The lowest BCUT2D eigenvalue weighted by atomic mass is 10.1. The molecule has 0 fully saturated rings. The molecule has 0 saturated heterocycles. The van der Waals surface area contributed by atoms with Crippen LogP contribution in [0.25, 0.3) is 0 Å². The highest BCUT2D eigenvalue weighted by Gasteiger charge is 2.19. The smallest absolute Gasteiger partial charge is 0.274 e. The van der Waals surface area contributed by atoms with Crippen LogP contribution in [0.1, 0.15) is 46.5 Å². The van der Waals surface area contributed by atoms with Gasteiger partial charge in [0, 0.05) is 6.07 Å². The molecule has 0 aliphatic rings. The molecule has 3 rings (SSSR count). The average molecular weight is 312 g/mol. The summed E-state index contributed by atoms with van der Waals surface area (Å²) in [7, 11) is 0. The van der Waals surface area contributed by atoms with E-state index in [0.717, 1.165) is 5.56 Å². The number of rotatable bonds is 5. The summed E-state index contributed by atoms with van der Waals surface area (Å²) < 4.78 is 10.1. The van der Waals surface area contributed by atoms with E-state index in [-0.39, 0.29) is 11.6 Å². The Hall–Kier alpha value is -2.96. The first-order chi connectivity index (χ1) is 11.1. The third kappa shape index (κ3) is 3.63. The fourth-order valence-electron chi connectivity index (χ4n) is 2.09. The van der Waals surface area contributed by atoms with Crippen LogP contribution in [0.3, 0.4) is 0 Å². The third-order valence-corrected chi connectivity index (χ3v) is 3.28. The maximum absolute atomic E-state index is 12.0. The van der Waals surface area contributed by atoms with Gasteiger partial charge in [-0.05, 0) is 19.4 Å². The highest BCUT2D eigenvalue weighted by atomic mass is 16.5. The Bertz CT molecular complexity index is 795. The van der Waals surface area contributed by atoms with Crippen LogP contribution in [-0.4, -0.2) is 21.2 Å². The molecule has 23 heavy (non-hydrogen) atoms. The fourth-order valence-corrected chi connectivity index (χ4v) is 2.09. The molecule has 1 N–H and O–H groups in total. The number of aromatic nitrogens is 3. The van der Waals surface area contributed by atoms with Gasteiger partial charge in [0.2, 0.25) is 5.89 Å². The van der Waals surface area contributed by atoms with Gasteiger partial charge in [0.05, 0.1) is 12.5 Å². The van der Waals surface area contributed by atoms with Gasteiger partial charge in [-0.15, -0.1) is 0 Å². The zero-order valence-corrected chi connectivity index (χ0v) is 12.8. The van der Waals surface area contributed by atoms with Crippen LogP contribution < -0.4 is 5.32 Å². The van der Waals surface area contributed by atoms with E-state index in [0.29, 0.717) is 23.9 Å². The van der Waals surface area contributed by atoms with Gasteiger partial charge < -0.3 is 14.4 Å². The van der Waals surface area contributed by atoms with Crippen molar-refractivity contribution in [2.24, 2.45) is 0 Å². The minimum absolute atomic E-state index is 0.224. The van der Waals surface area contributed by atoms with Crippen molar-refractivity contribution in [3.8, 4) is 0 Å².